The third-order valence-electron chi connectivity index (χ3n) is 6.49. The van der Waals surface area contributed by atoms with Crippen molar-refractivity contribution in [2.75, 3.05) is 33.3 Å². The Kier molecular flexibility index (Phi) is 7.05. The van der Waals surface area contributed by atoms with Gasteiger partial charge in [0.15, 0.2) is 0 Å². The second kappa shape index (κ2) is 9.79. The monoisotopic (exact) mass is 459 g/mol. The zero-order valence-electron chi connectivity index (χ0n) is 18.7. The van der Waals surface area contributed by atoms with Crippen molar-refractivity contribution in [3.63, 3.8) is 0 Å². The molecule has 2 aliphatic rings. The number of hydrogen-bond donors (Lipinski definition) is 2. The van der Waals surface area contributed by atoms with E-state index >= 15 is 0 Å². The summed E-state index contributed by atoms with van der Waals surface area (Å²) in [4.78, 5) is 4.80. The number of nitrogens with zero attached hydrogens (tertiary/aromatic N) is 2. The maximum atomic E-state index is 12.2. The van der Waals surface area contributed by atoms with Crippen LogP contribution in [0.15, 0.2) is 35.2 Å². The molecule has 2 aromatic rings. The molecule has 7 nitrogen and oxygen atoms in total. The number of likely N-dealkylation sites (tertiary alicyclic amines) is 2. The van der Waals surface area contributed by atoms with E-state index in [9.17, 15) is 13.5 Å². The molecule has 2 heterocycles. The van der Waals surface area contributed by atoms with E-state index in [1.54, 1.807) is 12.1 Å². The van der Waals surface area contributed by atoms with Crippen molar-refractivity contribution >= 4 is 10.0 Å². The van der Waals surface area contributed by atoms with E-state index in [1.165, 1.54) is 38.9 Å². The molecule has 0 aliphatic carbocycles. The number of rotatable bonds is 8. The van der Waals surface area contributed by atoms with Crippen LogP contribution in [0.5, 0.6) is 11.5 Å². The molecule has 0 aromatic heterocycles. The van der Waals surface area contributed by atoms with Gasteiger partial charge >= 0.3 is 0 Å². The highest BCUT2D eigenvalue weighted by molar-refractivity contribution is 7.89. The molecule has 0 bridgehead atoms. The summed E-state index contributed by atoms with van der Waals surface area (Å²) in [6.07, 6.45) is 5.15. The normalized spacial score (nSPS) is 17.8. The van der Waals surface area contributed by atoms with Crippen LogP contribution in [0, 0.1) is 0 Å². The summed E-state index contributed by atoms with van der Waals surface area (Å²) in [5.41, 5.74) is 3.41. The summed E-state index contributed by atoms with van der Waals surface area (Å²) in [5, 5.41) is 16.6. The van der Waals surface area contributed by atoms with Crippen LogP contribution in [-0.2, 0) is 29.5 Å². The highest BCUT2D eigenvalue weighted by Gasteiger charge is 2.21. The van der Waals surface area contributed by atoms with E-state index in [0.29, 0.717) is 36.6 Å². The summed E-state index contributed by atoms with van der Waals surface area (Å²) >= 11 is 0. The maximum Gasteiger partial charge on any atom is 0.238 e. The molecule has 0 radical (unpaired) electrons. The molecular formula is C24H33N3O4S. The van der Waals surface area contributed by atoms with E-state index in [1.807, 2.05) is 12.1 Å². The molecule has 2 saturated heterocycles. The van der Waals surface area contributed by atoms with Crippen LogP contribution in [0.3, 0.4) is 0 Å². The number of ether oxygens (including phenoxy) is 1. The molecule has 8 heteroatoms. The largest absolute Gasteiger partial charge is 0.507 e. The molecule has 0 saturated carbocycles. The minimum atomic E-state index is -3.90. The van der Waals surface area contributed by atoms with Gasteiger partial charge in [-0.2, -0.15) is 0 Å². The third-order valence-corrected chi connectivity index (χ3v) is 7.48. The predicted octanol–water partition coefficient (Wildman–Crippen LogP) is 2.83. The maximum absolute atomic E-state index is 12.2. The molecule has 3 N–H and O–H groups in total. The third kappa shape index (κ3) is 5.43. The highest BCUT2D eigenvalue weighted by atomic mass is 32.2. The molecule has 32 heavy (non-hydrogen) atoms. The zero-order valence-corrected chi connectivity index (χ0v) is 19.5. The van der Waals surface area contributed by atoms with Gasteiger partial charge in [0, 0.05) is 30.3 Å². The first-order valence-electron chi connectivity index (χ1n) is 11.3. The average Bonchev–Trinajstić information content (AvgIpc) is 3.45. The number of phenols is 1. The van der Waals surface area contributed by atoms with Gasteiger partial charge in [-0.15, -0.1) is 0 Å². The zero-order chi connectivity index (χ0) is 22.7. The van der Waals surface area contributed by atoms with Crippen molar-refractivity contribution in [2.24, 2.45) is 5.14 Å². The summed E-state index contributed by atoms with van der Waals surface area (Å²) < 4.78 is 29.7. The Hall–Kier alpha value is -2.13. The quantitative estimate of drug-likeness (QED) is 0.630. The molecule has 4 rings (SSSR count). The Bertz CT molecular complexity index is 1020. The van der Waals surface area contributed by atoms with Crippen molar-refractivity contribution in [3.8, 4) is 11.5 Å². The minimum Gasteiger partial charge on any atom is -0.507 e. The van der Waals surface area contributed by atoms with Crippen molar-refractivity contribution in [1.82, 2.24) is 9.80 Å². The van der Waals surface area contributed by atoms with E-state index in [-0.39, 0.29) is 4.90 Å². The number of phenolic OH excluding ortho intramolecular Hbond substituents is 1. The van der Waals surface area contributed by atoms with Gasteiger partial charge in [-0.25, -0.2) is 13.6 Å². The summed E-state index contributed by atoms with van der Waals surface area (Å²) in [6, 6.07) is 9.00. The fourth-order valence-electron chi connectivity index (χ4n) is 4.83. The fourth-order valence-corrected chi connectivity index (χ4v) is 5.62. The van der Waals surface area contributed by atoms with Crippen LogP contribution < -0.4 is 9.88 Å². The molecular weight excluding hydrogens is 426 g/mol. The van der Waals surface area contributed by atoms with Crippen molar-refractivity contribution < 1.29 is 18.3 Å². The molecule has 0 amide bonds. The average molecular weight is 460 g/mol. The predicted molar refractivity (Wildman–Crippen MR) is 124 cm³/mol. The molecule has 2 aromatic carbocycles. The van der Waals surface area contributed by atoms with Gasteiger partial charge in [-0.3, -0.25) is 9.80 Å². The number of primary sulfonamides is 1. The SMILES string of the molecule is COc1ccc(Cc2cc(CN3CCCC3)c(O)c(CN3CCCC3)c2)c(S(N)(=O)=O)c1. The first-order chi connectivity index (χ1) is 15.3. The van der Waals surface area contributed by atoms with E-state index in [0.717, 1.165) is 42.9 Å². The van der Waals surface area contributed by atoms with E-state index in [4.69, 9.17) is 9.88 Å². The summed E-state index contributed by atoms with van der Waals surface area (Å²) in [7, 11) is -2.40. The first kappa shape index (κ1) is 23.0. The Morgan fingerprint density at radius 3 is 1.91 bits per heavy atom. The molecule has 0 unspecified atom stereocenters. The van der Waals surface area contributed by atoms with Crippen LogP contribution in [0.4, 0.5) is 0 Å². The molecule has 2 fully saturated rings. The first-order valence-corrected chi connectivity index (χ1v) is 12.9. The Labute approximate surface area is 190 Å². The van der Waals surface area contributed by atoms with Gasteiger partial charge in [0.2, 0.25) is 10.0 Å². The number of sulfonamides is 1. The summed E-state index contributed by atoms with van der Waals surface area (Å²) in [5.74, 6) is 0.821. The van der Waals surface area contributed by atoms with Gasteiger partial charge < -0.3 is 9.84 Å². The lowest BCUT2D eigenvalue weighted by Crippen LogP contribution is -2.21. The number of aromatic hydroxyl groups is 1. The van der Waals surface area contributed by atoms with Gasteiger partial charge in [-0.1, -0.05) is 18.2 Å². The molecule has 0 spiro atoms. The standard InChI is InChI=1S/C24H33N3O4S/c1-31-22-7-6-19(23(15-22)32(25,29)30)12-18-13-20(16-26-8-2-3-9-26)24(28)21(14-18)17-27-10-4-5-11-27/h6-7,13-15,28H,2-5,8-12,16-17H2,1H3,(H2,25,29,30). The van der Waals surface area contributed by atoms with E-state index in [2.05, 4.69) is 9.80 Å². The van der Waals surface area contributed by atoms with Crippen LogP contribution >= 0.6 is 0 Å². The number of benzene rings is 2. The second-order valence-corrected chi connectivity index (χ2v) is 10.5. The van der Waals surface area contributed by atoms with Gasteiger partial charge in [-0.05, 0) is 75.5 Å². The van der Waals surface area contributed by atoms with Crippen LogP contribution in [0.25, 0.3) is 0 Å². The van der Waals surface area contributed by atoms with Crippen molar-refractivity contribution in [3.05, 3.63) is 52.6 Å². The Morgan fingerprint density at radius 1 is 0.906 bits per heavy atom. The van der Waals surface area contributed by atoms with Gasteiger partial charge in [0.05, 0.1) is 12.0 Å². The highest BCUT2D eigenvalue weighted by Crippen LogP contribution is 2.31. The van der Waals surface area contributed by atoms with Crippen molar-refractivity contribution in [1.29, 1.82) is 0 Å². The topological polar surface area (TPSA) is 96.1 Å². The number of hydrogen-bond acceptors (Lipinski definition) is 6. The molecule has 174 valence electrons. The van der Waals surface area contributed by atoms with Crippen molar-refractivity contribution in [2.45, 2.75) is 50.1 Å². The Morgan fingerprint density at radius 2 is 1.44 bits per heavy atom. The van der Waals surface area contributed by atoms with Gasteiger partial charge in [0.25, 0.3) is 0 Å². The van der Waals surface area contributed by atoms with Gasteiger partial charge in [0.1, 0.15) is 11.5 Å². The second-order valence-electron chi connectivity index (χ2n) is 8.92. The van der Waals surface area contributed by atoms with Crippen LogP contribution in [-0.4, -0.2) is 56.6 Å². The fraction of sp³-hybridized carbons (Fsp3) is 0.500. The summed E-state index contributed by atoms with van der Waals surface area (Å²) in [6.45, 7) is 5.57. The lowest BCUT2D eigenvalue weighted by molar-refractivity contribution is 0.312. The van der Waals surface area contributed by atoms with E-state index < -0.39 is 10.0 Å². The minimum absolute atomic E-state index is 0.0760. The number of nitrogens with two attached hydrogens (primary N) is 1. The lowest BCUT2D eigenvalue weighted by Gasteiger charge is -2.21. The smallest absolute Gasteiger partial charge is 0.238 e. The number of methoxy groups -OCH3 is 1. The molecule has 2 aliphatic heterocycles. The van der Waals surface area contributed by atoms with Crippen LogP contribution in [0.2, 0.25) is 0 Å². The van der Waals surface area contributed by atoms with Crippen LogP contribution in [0.1, 0.15) is 47.9 Å². The lowest BCUT2D eigenvalue weighted by atomic mass is 9.98. The Balaban J connectivity index is 1.69. The molecule has 0 atom stereocenters.